The van der Waals surface area contributed by atoms with Crippen LogP contribution in [-0.4, -0.2) is 32.5 Å². The Morgan fingerprint density at radius 3 is 2.58 bits per heavy atom. The van der Waals surface area contributed by atoms with E-state index in [4.69, 9.17) is 4.42 Å². The average Bonchev–Trinajstić information content (AvgIpc) is 3.51. The van der Waals surface area contributed by atoms with Crippen molar-refractivity contribution in [3.63, 3.8) is 0 Å². The lowest BCUT2D eigenvalue weighted by atomic mass is 9.95. The zero-order valence-electron chi connectivity index (χ0n) is 16.7. The van der Waals surface area contributed by atoms with Crippen molar-refractivity contribution in [1.82, 2.24) is 10.6 Å². The second kappa shape index (κ2) is 7.86. The van der Waals surface area contributed by atoms with E-state index in [9.17, 15) is 13.2 Å². The number of furan rings is 1. The van der Waals surface area contributed by atoms with Crippen molar-refractivity contribution < 1.29 is 17.6 Å². The maximum Gasteiger partial charge on any atom is 0.287 e. The summed E-state index contributed by atoms with van der Waals surface area (Å²) in [6.07, 6.45) is 3.21. The number of fused-ring (bicyclic) bond motifs is 2. The van der Waals surface area contributed by atoms with Gasteiger partial charge in [-0.1, -0.05) is 30.3 Å². The van der Waals surface area contributed by atoms with E-state index < -0.39 is 10.0 Å². The molecule has 0 aliphatic carbocycles. The van der Waals surface area contributed by atoms with Crippen molar-refractivity contribution in [2.24, 2.45) is 0 Å². The standard InChI is InChI=1S/C23H23N3O4S/c27-23(25-20-14-16-9-10-19(20)24-16)22-12-11-21(30-22)15-5-4-6-17(13-15)26-31(28,29)18-7-2-1-3-8-18/h1-8,11-13,16,19-20,24,26H,9-10,14H2,(H,25,27)/t16-,19+,20-/m1/s1. The van der Waals surface area contributed by atoms with Gasteiger partial charge in [0.25, 0.3) is 15.9 Å². The minimum Gasteiger partial charge on any atom is -0.451 e. The highest BCUT2D eigenvalue weighted by molar-refractivity contribution is 7.92. The van der Waals surface area contributed by atoms with Gasteiger partial charge in [0.05, 0.1) is 4.90 Å². The highest BCUT2D eigenvalue weighted by Crippen LogP contribution is 2.29. The number of rotatable bonds is 6. The summed E-state index contributed by atoms with van der Waals surface area (Å²) < 4.78 is 33.5. The Morgan fingerprint density at radius 1 is 1.00 bits per heavy atom. The molecule has 3 atom stereocenters. The van der Waals surface area contributed by atoms with E-state index in [0.717, 1.165) is 12.8 Å². The Labute approximate surface area is 180 Å². The molecule has 8 heteroatoms. The van der Waals surface area contributed by atoms with Gasteiger partial charge in [0.1, 0.15) is 5.76 Å². The van der Waals surface area contributed by atoms with E-state index in [1.807, 2.05) is 0 Å². The Balaban J connectivity index is 1.30. The van der Waals surface area contributed by atoms with Crippen LogP contribution in [0.5, 0.6) is 0 Å². The molecule has 5 rings (SSSR count). The molecule has 1 aromatic heterocycles. The number of hydrogen-bond acceptors (Lipinski definition) is 5. The summed E-state index contributed by atoms with van der Waals surface area (Å²) in [6.45, 7) is 0. The van der Waals surface area contributed by atoms with Crippen LogP contribution in [0.4, 0.5) is 5.69 Å². The molecule has 31 heavy (non-hydrogen) atoms. The first-order valence-corrected chi connectivity index (χ1v) is 11.8. The highest BCUT2D eigenvalue weighted by atomic mass is 32.2. The average molecular weight is 438 g/mol. The van der Waals surface area contributed by atoms with Gasteiger partial charge in [-0.3, -0.25) is 9.52 Å². The molecule has 2 aromatic carbocycles. The number of nitrogens with one attached hydrogen (secondary N) is 3. The summed E-state index contributed by atoms with van der Waals surface area (Å²) in [5.74, 6) is 0.511. The summed E-state index contributed by atoms with van der Waals surface area (Å²) in [4.78, 5) is 12.8. The van der Waals surface area contributed by atoms with Crippen LogP contribution in [0.2, 0.25) is 0 Å². The molecule has 2 fully saturated rings. The third-order valence-corrected chi connectivity index (χ3v) is 7.30. The van der Waals surface area contributed by atoms with Crippen LogP contribution in [0, 0.1) is 0 Å². The molecule has 2 aliphatic rings. The van der Waals surface area contributed by atoms with Gasteiger partial charge in [0.2, 0.25) is 0 Å². The van der Waals surface area contributed by atoms with Gasteiger partial charge in [0, 0.05) is 29.4 Å². The zero-order valence-corrected chi connectivity index (χ0v) is 17.6. The molecule has 160 valence electrons. The fraction of sp³-hybridized carbons (Fsp3) is 0.261. The monoisotopic (exact) mass is 437 g/mol. The molecule has 0 saturated carbocycles. The smallest absolute Gasteiger partial charge is 0.287 e. The minimum atomic E-state index is -3.69. The highest BCUT2D eigenvalue weighted by Gasteiger charge is 2.40. The van der Waals surface area contributed by atoms with E-state index in [1.54, 1.807) is 54.6 Å². The minimum absolute atomic E-state index is 0.135. The van der Waals surface area contributed by atoms with Gasteiger partial charge in [-0.25, -0.2) is 8.42 Å². The molecular formula is C23H23N3O4S. The van der Waals surface area contributed by atoms with Gasteiger partial charge in [-0.05, 0) is 55.7 Å². The third-order valence-electron chi connectivity index (χ3n) is 5.90. The number of hydrogen-bond donors (Lipinski definition) is 3. The first kappa shape index (κ1) is 19.8. The molecule has 3 heterocycles. The largest absolute Gasteiger partial charge is 0.451 e. The van der Waals surface area contributed by atoms with Gasteiger partial charge in [-0.2, -0.15) is 0 Å². The van der Waals surface area contributed by atoms with Crippen molar-refractivity contribution in [1.29, 1.82) is 0 Å². The lowest BCUT2D eigenvalue weighted by Gasteiger charge is -2.20. The Kier molecular flexibility index (Phi) is 5.03. The maximum atomic E-state index is 12.6. The molecule has 2 aliphatic heterocycles. The molecule has 0 radical (unpaired) electrons. The quantitative estimate of drug-likeness (QED) is 0.549. The van der Waals surface area contributed by atoms with Crippen LogP contribution in [0.3, 0.4) is 0 Å². The fourth-order valence-electron chi connectivity index (χ4n) is 4.39. The van der Waals surface area contributed by atoms with Crippen LogP contribution >= 0.6 is 0 Å². The summed E-state index contributed by atoms with van der Waals surface area (Å²) in [5, 5.41) is 6.57. The van der Waals surface area contributed by atoms with Gasteiger partial charge < -0.3 is 15.1 Å². The van der Waals surface area contributed by atoms with Crippen LogP contribution in [0.1, 0.15) is 29.8 Å². The molecule has 2 bridgehead atoms. The van der Waals surface area contributed by atoms with E-state index in [1.165, 1.54) is 18.6 Å². The van der Waals surface area contributed by atoms with Crippen molar-refractivity contribution in [3.05, 3.63) is 72.5 Å². The molecule has 3 N–H and O–H groups in total. The lowest BCUT2D eigenvalue weighted by molar-refractivity contribution is 0.0903. The number of sulfonamides is 1. The van der Waals surface area contributed by atoms with E-state index in [0.29, 0.717) is 29.1 Å². The normalized spacial score (nSPS) is 22.4. The SMILES string of the molecule is O=C(N[C@@H]1C[C@H]2CC[C@@H]1N2)c1ccc(-c2cccc(NS(=O)(=O)c3ccccc3)c2)o1. The van der Waals surface area contributed by atoms with Gasteiger partial charge in [0.15, 0.2) is 5.76 Å². The third kappa shape index (κ3) is 4.08. The summed E-state index contributed by atoms with van der Waals surface area (Å²) in [7, 11) is -3.69. The molecule has 2 saturated heterocycles. The molecular weight excluding hydrogens is 414 g/mol. The van der Waals surface area contributed by atoms with Crippen LogP contribution in [0.25, 0.3) is 11.3 Å². The topological polar surface area (TPSA) is 100 Å². The Bertz CT molecular complexity index is 1210. The molecule has 7 nitrogen and oxygen atoms in total. The number of anilines is 1. The number of benzene rings is 2. The first-order chi connectivity index (χ1) is 15.0. The lowest BCUT2D eigenvalue weighted by Crippen LogP contribution is -2.42. The van der Waals surface area contributed by atoms with Crippen LogP contribution in [0.15, 0.2) is 76.0 Å². The van der Waals surface area contributed by atoms with Crippen molar-refractivity contribution in [2.45, 2.75) is 42.3 Å². The predicted molar refractivity (Wildman–Crippen MR) is 117 cm³/mol. The van der Waals surface area contributed by atoms with E-state index in [-0.39, 0.29) is 22.6 Å². The first-order valence-electron chi connectivity index (χ1n) is 10.3. The number of carbonyl (C=O) groups excluding carboxylic acids is 1. The number of carbonyl (C=O) groups is 1. The predicted octanol–water partition coefficient (Wildman–Crippen LogP) is 3.37. The van der Waals surface area contributed by atoms with Crippen molar-refractivity contribution in [3.8, 4) is 11.3 Å². The molecule has 0 spiro atoms. The van der Waals surface area contributed by atoms with E-state index in [2.05, 4.69) is 15.4 Å². The second-order valence-electron chi connectivity index (χ2n) is 8.03. The second-order valence-corrected chi connectivity index (χ2v) is 9.71. The summed E-state index contributed by atoms with van der Waals surface area (Å²) >= 11 is 0. The molecule has 3 aromatic rings. The summed E-state index contributed by atoms with van der Waals surface area (Å²) in [6, 6.07) is 19.4. The Morgan fingerprint density at radius 2 is 1.84 bits per heavy atom. The van der Waals surface area contributed by atoms with Crippen molar-refractivity contribution >= 4 is 21.6 Å². The number of amides is 1. The van der Waals surface area contributed by atoms with Crippen LogP contribution in [-0.2, 0) is 10.0 Å². The van der Waals surface area contributed by atoms with Crippen LogP contribution < -0.4 is 15.4 Å². The van der Waals surface area contributed by atoms with Crippen molar-refractivity contribution in [2.75, 3.05) is 4.72 Å². The zero-order chi connectivity index (χ0) is 21.4. The summed E-state index contributed by atoms with van der Waals surface area (Å²) in [5.41, 5.74) is 1.09. The molecule has 0 unspecified atom stereocenters. The van der Waals surface area contributed by atoms with Gasteiger partial charge in [-0.15, -0.1) is 0 Å². The molecule has 1 amide bonds. The van der Waals surface area contributed by atoms with Gasteiger partial charge >= 0.3 is 0 Å². The maximum absolute atomic E-state index is 12.6. The fourth-order valence-corrected chi connectivity index (χ4v) is 5.46. The van der Waals surface area contributed by atoms with E-state index >= 15 is 0 Å². The Hall–Kier alpha value is -3.10.